The first-order chi connectivity index (χ1) is 27.0. The van der Waals surface area contributed by atoms with Gasteiger partial charge < -0.3 is 9.55 Å². The fourth-order valence-electron chi connectivity index (χ4n) is 7.40. The molecule has 0 aliphatic heterocycles. The Labute approximate surface area is 314 Å². The SMILES string of the molecule is Cn1ccc(=O)c2cc(-c3ccc4ncccc4c3)c(-c3cccc(-c4cc5cc(-c6cc7c(=O)cc[nH]c7nc6-c6ccccc6)ccc5cn4)c3)nc21. The maximum Gasteiger partial charge on any atom is 0.191 e. The molecule has 0 amide bonds. The highest BCUT2D eigenvalue weighted by molar-refractivity contribution is 5.96. The molecule has 55 heavy (non-hydrogen) atoms. The Kier molecular flexibility index (Phi) is 7.48. The van der Waals surface area contributed by atoms with E-state index in [1.807, 2.05) is 103 Å². The molecule has 0 atom stereocenters. The number of aromatic amines is 1. The molecule has 10 rings (SSSR count). The first kappa shape index (κ1) is 32.1. The summed E-state index contributed by atoms with van der Waals surface area (Å²) in [5.74, 6) is 0. The number of aromatic nitrogens is 6. The van der Waals surface area contributed by atoms with Gasteiger partial charge in [0.05, 0.1) is 33.4 Å². The van der Waals surface area contributed by atoms with Gasteiger partial charge in [0, 0.05) is 82.6 Å². The van der Waals surface area contributed by atoms with Crippen molar-refractivity contribution in [1.29, 1.82) is 0 Å². The van der Waals surface area contributed by atoms with Crippen molar-refractivity contribution < 1.29 is 0 Å². The minimum atomic E-state index is -0.0850. The maximum atomic E-state index is 13.1. The number of aryl methyl sites for hydroxylation is 1. The van der Waals surface area contributed by atoms with Crippen LogP contribution in [0.25, 0.3) is 99.8 Å². The fourth-order valence-corrected chi connectivity index (χ4v) is 7.40. The number of H-pyrrole nitrogens is 1. The van der Waals surface area contributed by atoms with Crippen molar-refractivity contribution in [3.63, 3.8) is 0 Å². The van der Waals surface area contributed by atoms with Crippen LogP contribution in [-0.4, -0.2) is 29.5 Å². The van der Waals surface area contributed by atoms with Gasteiger partial charge in [0.25, 0.3) is 0 Å². The number of hydrogen-bond acceptors (Lipinski definition) is 6. The first-order valence-corrected chi connectivity index (χ1v) is 17.9. The van der Waals surface area contributed by atoms with Crippen LogP contribution in [0.4, 0.5) is 0 Å². The predicted molar refractivity (Wildman–Crippen MR) is 221 cm³/mol. The molecule has 0 saturated carbocycles. The average molecular weight is 711 g/mol. The molecule has 4 aromatic carbocycles. The van der Waals surface area contributed by atoms with E-state index >= 15 is 0 Å². The number of benzene rings is 4. The zero-order valence-electron chi connectivity index (χ0n) is 29.6. The van der Waals surface area contributed by atoms with Crippen LogP contribution in [0, 0.1) is 0 Å². The lowest BCUT2D eigenvalue weighted by Gasteiger charge is -2.14. The molecule has 0 spiro atoms. The van der Waals surface area contributed by atoms with Gasteiger partial charge in [-0.3, -0.25) is 19.6 Å². The van der Waals surface area contributed by atoms with Crippen LogP contribution in [0.3, 0.4) is 0 Å². The van der Waals surface area contributed by atoms with Gasteiger partial charge >= 0.3 is 0 Å². The van der Waals surface area contributed by atoms with E-state index in [1.54, 1.807) is 24.7 Å². The summed E-state index contributed by atoms with van der Waals surface area (Å²) in [4.78, 5) is 48.7. The first-order valence-electron chi connectivity index (χ1n) is 17.9. The Morgan fingerprint density at radius 2 is 1.29 bits per heavy atom. The molecule has 0 aliphatic rings. The number of rotatable bonds is 5. The van der Waals surface area contributed by atoms with Crippen LogP contribution in [0.5, 0.6) is 0 Å². The van der Waals surface area contributed by atoms with Crippen LogP contribution >= 0.6 is 0 Å². The van der Waals surface area contributed by atoms with Crippen LogP contribution in [0.15, 0.2) is 168 Å². The molecule has 0 fully saturated rings. The highest BCUT2D eigenvalue weighted by Gasteiger charge is 2.17. The van der Waals surface area contributed by atoms with E-state index in [2.05, 4.69) is 46.4 Å². The van der Waals surface area contributed by atoms with Crippen LogP contribution in [0.1, 0.15) is 0 Å². The number of fused-ring (bicyclic) bond motifs is 4. The van der Waals surface area contributed by atoms with E-state index < -0.39 is 0 Å². The molecule has 6 heterocycles. The largest absolute Gasteiger partial charge is 0.346 e. The lowest BCUT2D eigenvalue weighted by atomic mass is 9.94. The molecule has 260 valence electrons. The molecule has 0 saturated heterocycles. The van der Waals surface area contributed by atoms with Gasteiger partial charge in [-0.1, -0.05) is 72.8 Å². The molecule has 0 aliphatic carbocycles. The van der Waals surface area contributed by atoms with Crippen molar-refractivity contribution in [1.82, 2.24) is 29.5 Å². The van der Waals surface area contributed by atoms with Crippen molar-refractivity contribution in [3.8, 4) is 56.0 Å². The Morgan fingerprint density at radius 1 is 0.545 bits per heavy atom. The lowest BCUT2D eigenvalue weighted by molar-refractivity contribution is 0.930. The molecule has 1 N–H and O–H groups in total. The van der Waals surface area contributed by atoms with Gasteiger partial charge in [-0.15, -0.1) is 0 Å². The third-order valence-electron chi connectivity index (χ3n) is 10.2. The average Bonchev–Trinajstić information content (AvgIpc) is 3.24. The quantitative estimate of drug-likeness (QED) is 0.191. The molecule has 8 heteroatoms. The number of hydrogen-bond donors (Lipinski definition) is 1. The molecule has 8 nitrogen and oxygen atoms in total. The van der Waals surface area contributed by atoms with Crippen LogP contribution < -0.4 is 10.9 Å². The maximum absolute atomic E-state index is 13.1. The molecule has 0 bridgehead atoms. The molecule has 0 radical (unpaired) electrons. The lowest BCUT2D eigenvalue weighted by Crippen LogP contribution is -2.08. The fraction of sp³-hybridized carbons (Fsp3) is 0.0213. The van der Waals surface area contributed by atoms with Crippen molar-refractivity contribution in [3.05, 3.63) is 179 Å². The van der Waals surface area contributed by atoms with Gasteiger partial charge in [0.15, 0.2) is 10.9 Å². The summed E-state index contributed by atoms with van der Waals surface area (Å²) in [5, 5.41) is 4.08. The number of pyridine rings is 6. The second kappa shape index (κ2) is 12.8. The molecule has 6 aromatic heterocycles. The van der Waals surface area contributed by atoms with E-state index in [4.69, 9.17) is 15.0 Å². The van der Waals surface area contributed by atoms with Crippen LogP contribution in [0.2, 0.25) is 0 Å². The third-order valence-corrected chi connectivity index (χ3v) is 10.2. The Bertz CT molecular complexity index is 3280. The zero-order chi connectivity index (χ0) is 37.0. The summed E-state index contributed by atoms with van der Waals surface area (Å²) < 4.78 is 1.88. The zero-order valence-corrected chi connectivity index (χ0v) is 29.6. The summed E-state index contributed by atoms with van der Waals surface area (Å²) in [6.07, 6.45) is 7.06. The minimum Gasteiger partial charge on any atom is -0.346 e. The summed E-state index contributed by atoms with van der Waals surface area (Å²) >= 11 is 0. The summed E-state index contributed by atoms with van der Waals surface area (Å²) in [6, 6.07) is 43.7. The Morgan fingerprint density at radius 3 is 2.16 bits per heavy atom. The highest BCUT2D eigenvalue weighted by atomic mass is 16.1. The predicted octanol–water partition coefficient (Wildman–Crippen LogP) is 9.60. The summed E-state index contributed by atoms with van der Waals surface area (Å²) in [5.41, 5.74) is 10.6. The Balaban J connectivity index is 1.12. The normalized spacial score (nSPS) is 11.5. The van der Waals surface area contributed by atoms with E-state index in [-0.39, 0.29) is 10.9 Å². The van der Waals surface area contributed by atoms with Gasteiger partial charge in [-0.25, -0.2) is 9.97 Å². The summed E-state index contributed by atoms with van der Waals surface area (Å²) in [7, 11) is 1.90. The Hall–Kier alpha value is -7.58. The van der Waals surface area contributed by atoms with Crippen molar-refractivity contribution >= 4 is 43.7 Å². The van der Waals surface area contributed by atoms with E-state index in [1.165, 1.54) is 6.07 Å². The topological polar surface area (TPSA) is 106 Å². The van der Waals surface area contributed by atoms with Gasteiger partial charge in [-0.2, -0.15) is 0 Å². The van der Waals surface area contributed by atoms with Gasteiger partial charge in [-0.05, 0) is 65.0 Å². The van der Waals surface area contributed by atoms with Crippen molar-refractivity contribution in [2.75, 3.05) is 0 Å². The van der Waals surface area contributed by atoms with Crippen LogP contribution in [-0.2, 0) is 7.05 Å². The monoisotopic (exact) mass is 710 g/mol. The molecular formula is C47H30N6O2. The van der Waals surface area contributed by atoms with Crippen molar-refractivity contribution in [2.24, 2.45) is 7.05 Å². The standard InChI is InChI=1S/C47H30N6O2/c1-53-20-17-43(55)39-26-37(30-14-15-40-31(21-30)11-6-18-48-40)45(52-47(39)53)33-10-5-9-32(23-33)41-24-35-22-29(12-13-34(35)27-50-41)36-25-38-42(54)16-19-49-46(38)51-44(36)28-7-3-2-4-8-28/h2-27H,1H3,(H,49,51,54). The van der Waals surface area contributed by atoms with Crippen molar-refractivity contribution in [2.45, 2.75) is 0 Å². The molecule has 10 aromatic rings. The smallest absolute Gasteiger partial charge is 0.191 e. The van der Waals surface area contributed by atoms with E-state index in [9.17, 15) is 9.59 Å². The molecule has 0 unspecified atom stereocenters. The van der Waals surface area contributed by atoms with E-state index in [0.29, 0.717) is 22.1 Å². The highest BCUT2D eigenvalue weighted by Crippen LogP contribution is 2.37. The van der Waals surface area contributed by atoms with Gasteiger partial charge in [0.1, 0.15) is 11.3 Å². The van der Waals surface area contributed by atoms with E-state index in [0.717, 1.165) is 77.7 Å². The summed E-state index contributed by atoms with van der Waals surface area (Å²) in [6.45, 7) is 0. The van der Waals surface area contributed by atoms with Gasteiger partial charge in [0.2, 0.25) is 0 Å². The number of nitrogens with one attached hydrogen (secondary N) is 1. The third kappa shape index (κ3) is 5.64. The number of nitrogens with zero attached hydrogens (tertiary/aromatic N) is 5. The second-order valence-electron chi connectivity index (χ2n) is 13.7. The second-order valence-corrected chi connectivity index (χ2v) is 13.7. The minimum absolute atomic E-state index is 0.0773. The molecular weight excluding hydrogens is 681 g/mol.